The lowest BCUT2D eigenvalue weighted by molar-refractivity contribution is 0.400. The first-order valence-electron chi connectivity index (χ1n) is 6.84. The summed E-state index contributed by atoms with van der Waals surface area (Å²) in [5, 5.41) is 0. The predicted molar refractivity (Wildman–Crippen MR) is 83.0 cm³/mol. The van der Waals surface area contributed by atoms with E-state index < -0.39 is 0 Å². The van der Waals surface area contributed by atoms with Crippen LogP contribution >= 0.6 is 0 Å². The maximum atomic E-state index is 5.82. The van der Waals surface area contributed by atoms with Crippen LogP contribution in [0.5, 0.6) is 5.88 Å². The van der Waals surface area contributed by atoms with Crippen LogP contribution in [0.1, 0.15) is 18.9 Å². The molecule has 2 aromatic rings. The van der Waals surface area contributed by atoms with Gasteiger partial charge in [-0.3, -0.25) is 0 Å². The van der Waals surface area contributed by atoms with E-state index in [1.54, 1.807) is 7.11 Å². The van der Waals surface area contributed by atoms with Crippen LogP contribution in [-0.4, -0.2) is 18.6 Å². The third-order valence-corrected chi connectivity index (χ3v) is 3.10. The third kappa shape index (κ3) is 3.41. The Balaban J connectivity index is 2.24. The van der Waals surface area contributed by atoms with Crippen molar-refractivity contribution in [3.8, 4) is 5.88 Å². The molecular weight excluding hydrogens is 250 g/mol. The number of ether oxygens (including phenoxy) is 1. The van der Waals surface area contributed by atoms with Gasteiger partial charge in [0.15, 0.2) is 0 Å². The zero-order chi connectivity index (χ0) is 14.4. The van der Waals surface area contributed by atoms with Crippen molar-refractivity contribution < 1.29 is 4.74 Å². The second-order valence-electron chi connectivity index (χ2n) is 4.68. The van der Waals surface area contributed by atoms with Gasteiger partial charge in [0.1, 0.15) is 5.82 Å². The van der Waals surface area contributed by atoms with E-state index in [1.165, 1.54) is 5.56 Å². The minimum atomic E-state index is 0.483. The highest BCUT2D eigenvalue weighted by molar-refractivity contribution is 5.54. The number of nitrogens with zero attached hydrogens (tertiary/aromatic N) is 2. The van der Waals surface area contributed by atoms with E-state index in [0.717, 1.165) is 25.3 Å². The Morgan fingerprint density at radius 2 is 1.90 bits per heavy atom. The number of nitrogens with two attached hydrogens (primary N) is 1. The normalized spacial score (nSPS) is 10.3. The van der Waals surface area contributed by atoms with Crippen LogP contribution in [-0.2, 0) is 6.54 Å². The Kier molecular flexibility index (Phi) is 4.82. The molecule has 2 rings (SSSR count). The summed E-state index contributed by atoms with van der Waals surface area (Å²) in [5.74, 6) is 1.37. The van der Waals surface area contributed by atoms with Gasteiger partial charge in [-0.2, -0.15) is 4.98 Å². The maximum absolute atomic E-state index is 5.82. The van der Waals surface area contributed by atoms with E-state index >= 15 is 0 Å². The fourth-order valence-corrected chi connectivity index (χ4v) is 2.13. The SMILES string of the molecule is CCCN(Cc1ccccc1)c1ccc(N)c(OC)n1. The van der Waals surface area contributed by atoms with Crippen molar-refractivity contribution in [1.82, 2.24) is 4.98 Å². The average Bonchev–Trinajstić information content (AvgIpc) is 2.48. The summed E-state index contributed by atoms with van der Waals surface area (Å²) < 4.78 is 5.20. The third-order valence-electron chi connectivity index (χ3n) is 3.10. The molecule has 1 aromatic heterocycles. The molecule has 1 heterocycles. The summed E-state index contributed by atoms with van der Waals surface area (Å²) in [4.78, 5) is 6.72. The summed E-state index contributed by atoms with van der Waals surface area (Å²) in [6.45, 7) is 3.93. The van der Waals surface area contributed by atoms with Crippen molar-refractivity contribution in [2.75, 3.05) is 24.3 Å². The molecule has 0 spiro atoms. The number of pyridine rings is 1. The lowest BCUT2D eigenvalue weighted by Crippen LogP contribution is -2.24. The highest BCUT2D eigenvalue weighted by Crippen LogP contribution is 2.24. The van der Waals surface area contributed by atoms with E-state index in [4.69, 9.17) is 10.5 Å². The average molecular weight is 271 g/mol. The Hall–Kier alpha value is -2.23. The fraction of sp³-hybridized carbons (Fsp3) is 0.312. The summed E-state index contributed by atoms with van der Waals surface area (Å²) in [6.07, 6.45) is 1.06. The molecule has 0 atom stereocenters. The van der Waals surface area contributed by atoms with Gasteiger partial charge in [-0.25, -0.2) is 0 Å². The highest BCUT2D eigenvalue weighted by atomic mass is 16.5. The Bertz CT molecular complexity index is 543. The van der Waals surface area contributed by atoms with Crippen LogP contribution in [0.25, 0.3) is 0 Å². The van der Waals surface area contributed by atoms with E-state index in [-0.39, 0.29) is 0 Å². The first-order valence-corrected chi connectivity index (χ1v) is 6.84. The number of anilines is 2. The monoisotopic (exact) mass is 271 g/mol. The molecule has 0 fully saturated rings. The standard InChI is InChI=1S/C16H21N3O/c1-3-11-19(12-13-7-5-4-6-8-13)15-10-9-14(17)16(18-15)20-2/h4-10H,3,11-12,17H2,1-2H3. The van der Waals surface area contributed by atoms with Crippen LogP contribution < -0.4 is 15.4 Å². The van der Waals surface area contributed by atoms with Gasteiger partial charge in [0.25, 0.3) is 0 Å². The van der Waals surface area contributed by atoms with Crippen LogP contribution in [0.4, 0.5) is 11.5 Å². The van der Waals surface area contributed by atoms with Crippen LogP contribution in [0.15, 0.2) is 42.5 Å². The number of rotatable bonds is 6. The molecule has 0 aliphatic rings. The maximum Gasteiger partial charge on any atom is 0.238 e. The smallest absolute Gasteiger partial charge is 0.238 e. The zero-order valence-electron chi connectivity index (χ0n) is 12.0. The molecule has 0 aliphatic carbocycles. The van der Waals surface area contributed by atoms with E-state index in [2.05, 4.69) is 41.1 Å². The Morgan fingerprint density at radius 1 is 1.15 bits per heavy atom. The predicted octanol–water partition coefficient (Wildman–Crippen LogP) is 3.09. The molecule has 0 saturated carbocycles. The van der Waals surface area contributed by atoms with Gasteiger partial charge in [-0.1, -0.05) is 37.3 Å². The second-order valence-corrected chi connectivity index (χ2v) is 4.68. The molecule has 0 bridgehead atoms. The molecule has 0 aliphatic heterocycles. The molecule has 20 heavy (non-hydrogen) atoms. The zero-order valence-corrected chi connectivity index (χ0v) is 12.0. The van der Waals surface area contributed by atoms with Gasteiger partial charge in [0, 0.05) is 13.1 Å². The van der Waals surface area contributed by atoms with Gasteiger partial charge in [0.05, 0.1) is 12.8 Å². The molecule has 4 heteroatoms. The van der Waals surface area contributed by atoms with E-state index in [0.29, 0.717) is 11.6 Å². The van der Waals surface area contributed by atoms with Crippen molar-refractivity contribution in [2.24, 2.45) is 0 Å². The summed E-state index contributed by atoms with van der Waals surface area (Å²) >= 11 is 0. The van der Waals surface area contributed by atoms with Gasteiger partial charge in [-0.15, -0.1) is 0 Å². The highest BCUT2D eigenvalue weighted by Gasteiger charge is 2.10. The van der Waals surface area contributed by atoms with Gasteiger partial charge >= 0.3 is 0 Å². The first kappa shape index (κ1) is 14.2. The van der Waals surface area contributed by atoms with Crippen LogP contribution in [0.3, 0.4) is 0 Å². The molecular formula is C16H21N3O. The summed E-state index contributed by atoms with van der Waals surface area (Å²) in [5.41, 5.74) is 7.65. The van der Waals surface area contributed by atoms with E-state index in [9.17, 15) is 0 Å². The van der Waals surface area contributed by atoms with Gasteiger partial charge < -0.3 is 15.4 Å². The number of aromatic nitrogens is 1. The number of nitrogen functional groups attached to an aromatic ring is 1. The van der Waals surface area contributed by atoms with Crippen LogP contribution in [0.2, 0.25) is 0 Å². The summed E-state index contributed by atoms with van der Waals surface area (Å²) in [6, 6.07) is 14.2. The molecule has 0 saturated heterocycles. The van der Waals surface area contributed by atoms with Crippen molar-refractivity contribution >= 4 is 11.5 Å². The quantitative estimate of drug-likeness (QED) is 0.877. The fourth-order valence-electron chi connectivity index (χ4n) is 2.13. The summed E-state index contributed by atoms with van der Waals surface area (Å²) in [7, 11) is 1.59. The Morgan fingerprint density at radius 3 is 2.55 bits per heavy atom. The minimum absolute atomic E-state index is 0.483. The van der Waals surface area contributed by atoms with Crippen molar-refractivity contribution in [3.63, 3.8) is 0 Å². The molecule has 1 aromatic carbocycles. The van der Waals surface area contributed by atoms with Crippen molar-refractivity contribution in [3.05, 3.63) is 48.0 Å². The van der Waals surface area contributed by atoms with Crippen molar-refractivity contribution in [1.29, 1.82) is 0 Å². The molecule has 0 amide bonds. The molecule has 0 radical (unpaired) electrons. The van der Waals surface area contributed by atoms with Gasteiger partial charge in [0.2, 0.25) is 5.88 Å². The molecule has 106 valence electrons. The minimum Gasteiger partial charge on any atom is -0.479 e. The number of methoxy groups -OCH3 is 1. The number of benzene rings is 1. The number of hydrogen-bond acceptors (Lipinski definition) is 4. The Labute approximate surface area is 120 Å². The molecule has 4 nitrogen and oxygen atoms in total. The largest absolute Gasteiger partial charge is 0.479 e. The second kappa shape index (κ2) is 6.80. The van der Waals surface area contributed by atoms with Crippen molar-refractivity contribution in [2.45, 2.75) is 19.9 Å². The lowest BCUT2D eigenvalue weighted by atomic mass is 10.2. The molecule has 2 N–H and O–H groups in total. The van der Waals surface area contributed by atoms with Gasteiger partial charge in [-0.05, 0) is 24.1 Å². The topological polar surface area (TPSA) is 51.4 Å². The molecule has 0 unspecified atom stereocenters. The lowest BCUT2D eigenvalue weighted by Gasteiger charge is -2.24. The first-order chi connectivity index (χ1) is 9.74. The van der Waals surface area contributed by atoms with Crippen LogP contribution in [0, 0.1) is 0 Å². The number of hydrogen-bond donors (Lipinski definition) is 1. The van der Waals surface area contributed by atoms with E-state index in [1.807, 2.05) is 18.2 Å².